The maximum atomic E-state index is 13.4. The molecule has 1 fully saturated rings. The van der Waals surface area contributed by atoms with Gasteiger partial charge in [-0.1, -0.05) is 48.0 Å². The number of Topliss-reactive ketones (excluding diaryl/α,β-unsaturated/α-hetero) is 1. The summed E-state index contributed by atoms with van der Waals surface area (Å²) in [4.78, 5) is 28.9. The lowest BCUT2D eigenvalue weighted by atomic mass is 9.99. The predicted octanol–water partition coefficient (Wildman–Crippen LogP) is 6.62. The maximum Gasteiger partial charge on any atom is 0.300 e. The van der Waals surface area contributed by atoms with Crippen LogP contribution in [-0.2, 0) is 16.2 Å². The van der Waals surface area contributed by atoms with Crippen LogP contribution in [0.2, 0.25) is 5.02 Å². The average molecular weight is 562 g/mol. The molecule has 1 amide bonds. The van der Waals surface area contributed by atoms with Crippen LogP contribution in [0.1, 0.15) is 22.0 Å². The van der Waals surface area contributed by atoms with Gasteiger partial charge in [-0.05, 0) is 47.3 Å². The number of ketones is 1. The number of aliphatic hydroxyl groups excluding tert-OH is 1. The van der Waals surface area contributed by atoms with Gasteiger partial charge in [-0.25, -0.2) is 0 Å². The number of halogens is 1. The first-order valence-electron chi connectivity index (χ1n) is 12.0. The van der Waals surface area contributed by atoms with E-state index in [0.29, 0.717) is 28.7 Å². The molecule has 5 rings (SSSR count). The number of anilines is 1. The Bertz CT molecular complexity index is 1530. The van der Waals surface area contributed by atoms with Crippen LogP contribution in [0.3, 0.4) is 0 Å². The van der Waals surface area contributed by atoms with Crippen molar-refractivity contribution in [3.8, 4) is 17.2 Å². The molecule has 0 bridgehead atoms. The van der Waals surface area contributed by atoms with Gasteiger partial charge in [0.15, 0.2) is 0 Å². The van der Waals surface area contributed by atoms with E-state index < -0.39 is 23.5 Å². The van der Waals surface area contributed by atoms with E-state index >= 15 is 0 Å². The summed E-state index contributed by atoms with van der Waals surface area (Å²) in [6.07, 6.45) is 0. The van der Waals surface area contributed by atoms with Crippen molar-refractivity contribution in [2.75, 3.05) is 19.1 Å². The second-order valence-corrected chi connectivity index (χ2v) is 10.0. The molecule has 1 aliphatic heterocycles. The van der Waals surface area contributed by atoms with Crippen LogP contribution in [0.4, 0.5) is 5.69 Å². The Kier molecular flexibility index (Phi) is 7.58. The minimum absolute atomic E-state index is 0.0635. The van der Waals surface area contributed by atoms with Gasteiger partial charge in [0.05, 0.1) is 30.4 Å². The molecular weight excluding hydrogens is 538 g/mol. The number of benzene rings is 3. The molecule has 0 saturated carbocycles. The number of amides is 1. The number of thiophene rings is 1. The highest BCUT2D eigenvalue weighted by Gasteiger charge is 2.47. The third-order valence-electron chi connectivity index (χ3n) is 6.35. The normalized spacial score (nSPS) is 16.4. The first kappa shape index (κ1) is 26.3. The molecule has 1 N–H and O–H groups in total. The standard InChI is InChI=1S/C30H24ClNO6S/c1-36-23-16-24(37-2)22(31)15-21(23)28(33)26-27(25-9-6-14-39-25)32(30(35)29(26)34)19-10-12-20(13-11-19)38-17-18-7-4-3-5-8-18/h3-16,27,33H,17H2,1-2H3/b28-26-. The largest absolute Gasteiger partial charge is 0.507 e. The highest BCUT2D eigenvalue weighted by atomic mass is 35.5. The Hall–Kier alpha value is -4.27. The summed E-state index contributed by atoms with van der Waals surface area (Å²) in [6, 6.07) is 22.5. The summed E-state index contributed by atoms with van der Waals surface area (Å²) in [6.45, 7) is 0.395. The van der Waals surface area contributed by atoms with Crippen LogP contribution < -0.4 is 19.1 Å². The van der Waals surface area contributed by atoms with E-state index in [1.54, 1.807) is 24.3 Å². The van der Waals surface area contributed by atoms with Gasteiger partial charge in [-0.15, -0.1) is 11.3 Å². The Morgan fingerprint density at radius 1 is 0.949 bits per heavy atom. The molecule has 0 radical (unpaired) electrons. The quantitative estimate of drug-likeness (QED) is 0.148. The monoisotopic (exact) mass is 561 g/mol. The van der Waals surface area contributed by atoms with E-state index in [4.69, 9.17) is 25.8 Å². The molecule has 0 spiro atoms. The number of hydrogen-bond acceptors (Lipinski definition) is 7. The molecule has 198 valence electrons. The zero-order chi connectivity index (χ0) is 27.5. The smallest absolute Gasteiger partial charge is 0.300 e. The number of aliphatic hydroxyl groups is 1. The minimum atomic E-state index is -0.855. The van der Waals surface area contributed by atoms with Crippen molar-refractivity contribution < 1.29 is 28.9 Å². The van der Waals surface area contributed by atoms with E-state index in [-0.39, 0.29) is 21.9 Å². The molecule has 1 unspecified atom stereocenters. The van der Waals surface area contributed by atoms with E-state index in [1.165, 1.54) is 42.6 Å². The maximum absolute atomic E-state index is 13.4. The van der Waals surface area contributed by atoms with E-state index in [1.807, 2.05) is 47.8 Å². The van der Waals surface area contributed by atoms with E-state index in [0.717, 1.165) is 5.56 Å². The van der Waals surface area contributed by atoms with Gasteiger partial charge < -0.3 is 19.3 Å². The number of ether oxygens (including phenoxy) is 3. The lowest BCUT2D eigenvalue weighted by molar-refractivity contribution is -0.132. The number of rotatable bonds is 8. The topological polar surface area (TPSA) is 85.3 Å². The molecule has 3 aromatic carbocycles. The second kappa shape index (κ2) is 11.2. The SMILES string of the molecule is COc1cc(OC)c(/C(O)=C2/C(=O)C(=O)N(c3ccc(OCc4ccccc4)cc3)C2c2cccs2)cc1Cl. The minimum Gasteiger partial charge on any atom is -0.507 e. The van der Waals surface area contributed by atoms with Crippen LogP contribution in [-0.4, -0.2) is 31.0 Å². The van der Waals surface area contributed by atoms with Crippen LogP contribution in [0.5, 0.6) is 17.2 Å². The van der Waals surface area contributed by atoms with Gasteiger partial charge in [0, 0.05) is 16.6 Å². The summed E-state index contributed by atoms with van der Waals surface area (Å²) in [5.41, 5.74) is 1.62. The van der Waals surface area contributed by atoms with Gasteiger partial charge in [0.1, 0.15) is 35.7 Å². The molecule has 7 nitrogen and oxygen atoms in total. The third kappa shape index (κ3) is 5.08. The highest BCUT2D eigenvalue weighted by molar-refractivity contribution is 7.10. The molecule has 1 aliphatic rings. The molecule has 4 aromatic rings. The molecule has 2 heterocycles. The third-order valence-corrected chi connectivity index (χ3v) is 7.57. The zero-order valence-electron chi connectivity index (χ0n) is 21.1. The summed E-state index contributed by atoms with van der Waals surface area (Å²) >= 11 is 7.70. The lowest BCUT2D eigenvalue weighted by Gasteiger charge is -2.24. The molecule has 1 saturated heterocycles. The first-order chi connectivity index (χ1) is 18.9. The summed E-state index contributed by atoms with van der Waals surface area (Å²) in [7, 11) is 2.89. The van der Waals surface area contributed by atoms with E-state index in [2.05, 4.69) is 0 Å². The first-order valence-corrected chi connectivity index (χ1v) is 13.2. The van der Waals surface area contributed by atoms with Crippen molar-refractivity contribution in [1.82, 2.24) is 0 Å². The van der Waals surface area contributed by atoms with Gasteiger partial charge in [0.25, 0.3) is 11.7 Å². The Morgan fingerprint density at radius 2 is 1.67 bits per heavy atom. The molecule has 1 aromatic heterocycles. The van der Waals surface area contributed by atoms with Gasteiger partial charge >= 0.3 is 0 Å². The Morgan fingerprint density at radius 3 is 2.31 bits per heavy atom. The highest BCUT2D eigenvalue weighted by Crippen LogP contribution is 2.45. The Labute approximate surface area is 234 Å². The number of methoxy groups -OCH3 is 2. The molecular formula is C30H24ClNO6S. The summed E-state index contributed by atoms with van der Waals surface area (Å²) in [5.74, 6) is -0.765. The predicted molar refractivity (Wildman–Crippen MR) is 151 cm³/mol. The fourth-order valence-corrected chi connectivity index (χ4v) is 5.51. The van der Waals surface area contributed by atoms with Crippen molar-refractivity contribution >= 4 is 46.1 Å². The van der Waals surface area contributed by atoms with Gasteiger partial charge in [-0.3, -0.25) is 14.5 Å². The van der Waals surface area contributed by atoms with Crippen molar-refractivity contribution in [3.05, 3.63) is 111 Å². The van der Waals surface area contributed by atoms with Crippen molar-refractivity contribution in [2.45, 2.75) is 12.6 Å². The van der Waals surface area contributed by atoms with Crippen LogP contribution >= 0.6 is 22.9 Å². The molecule has 39 heavy (non-hydrogen) atoms. The van der Waals surface area contributed by atoms with Gasteiger partial charge in [-0.2, -0.15) is 0 Å². The molecule has 9 heteroatoms. The fourth-order valence-electron chi connectivity index (χ4n) is 4.45. The van der Waals surface area contributed by atoms with Gasteiger partial charge in [0.2, 0.25) is 0 Å². The van der Waals surface area contributed by atoms with Crippen molar-refractivity contribution in [3.63, 3.8) is 0 Å². The fraction of sp³-hybridized carbons (Fsp3) is 0.133. The second-order valence-electron chi connectivity index (χ2n) is 8.64. The summed E-state index contributed by atoms with van der Waals surface area (Å²) < 4.78 is 16.6. The van der Waals surface area contributed by atoms with Crippen LogP contribution in [0, 0.1) is 0 Å². The van der Waals surface area contributed by atoms with Crippen molar-refractivity contribution in [2.24, 2.45) is 0 Å². The average Bonchev–Trinajstić information content (AvgIpc) is 3.59. The van der Waals surface area contributed by atoms with Crippen LogP contribution in [0.25, 0.3) is 5.76 Å². The number of nitrogens with zero attached hydrogens (tertiary/aromatic N) is 1. The lowest BCUT2D eigenvalue weighted by Crippen LogP contribution is -2.29. The zero-order valence-corrected chi connectivity index (χ0v) is 22.7. The van der Waals surface area contributed by atoms with E-state index in [9.17, 15) is 14.7 Å². The molecule has 0 aliphatic carbocycles. The summed E-state index contributed by atoms with van der Waals surface area (Å²) in [5, 5.41) is 13.5. The molecule has 1 atom stereocenters. The number of carbonyl (C=O) groups is 2. The van der Waals surface area contributed by atoms with Crippen LogP contribution in [0.15, 0.2) is 89.8 Å². The number of hydrogen-bond donors (Lipinski definition) is 1. The van der Waals surface area contributed by atoms with Crippen molar-refractivity contribution in [1.29, 1.82) is 0 Å². The number of carbonyl (C=O) groups excluding carboxylic acids is 2. The Balaban J connectivity index is 1.54.